The lowest BCUT2D eigenvalue weighted by Crippen LogP contribution is -2.30. The summed E-state index contributed by atoms with van der Waals surface area (Å²) < 4.78 is 61.0. The molecule has 0 radical (unpaired) electrons. The molecule has 0 heterocycles. The molecule has 0 aliphatic heterocycles. The van der Waals surface area contributed by atoms with E-state index in [1.54, 1.807) is 0 Å². The zero-order valence-corrected chi connectivity index (χ0v) is 64.6. The summed E-state index contributed by atoms with van der Waals surface area (Å²) in [5, 5.41) is 20.6. The van der Waals surface area contributed by atoms with E-state index >= 15 is 0 Å². The van der Waals surface area contributed by atoms with Crippen LogP contribution in [0.25, 0.3) is 0 Å². The first-order valence-electron chi connectivity index (χ1n) is 38.8. The molecule has 0 aromatic heterocycles. The average Bonchev–Trinajstić information content (AvgIpc) is 0.933. The van der Waals surface area contributed by atoms with Crippen LogP contribution < -0.4 is 0 Å². The Bertz CT molecular complexity index is 2470. The summed E-state index contributed by atoms with van der Waals surface area (Å²) in [5.41, 5.74) is 0. The highest BCUT2D eigenvalue weighted by atomic mass is 31.2. The number of rotatable bonds is 72. The van der Waals surface area contributed by atoms with Gasteiger partial charge in [-0.15, -0.1) is 0 Å². The number of ether oxygens (including phenoxy) is 3. The molecular formula is C83H138O16P2. The molecule has 0 aromatic carbocycles. The molecule has 0 bridgehead atoms. The Kier molecular flexibility index (Phi) is 71.3. The van der Waals surface area contributed by atoms with Gasteiger partial charge in [-0.2, -0.15) is 0 Å². The lowest BCUT2D eigenvalue weighted by molar-refractivity contribution is -0.161. The van der Waals surface area contributed by atoms with Crippen molar-refractivity contribution in [1.82, 2.24) is 0 Å². The normalized spacial score (nSPS) is 14.9. The van der Waals surface area contributed by atoms with Crippen molar-refractivity contribution < 1.29 is 75.8 Å². The maximum atomic E-state index is 12.9. The summed E-state index contributed by atoms with van der Waals surface area (Å²) in [7, 11) is -9.80. The van der Waals surface area contributed by atoms with Crippen molar-refractivity contribution in [1.29, 1.82) is 0 Å². The van der Waals surface area contributed by atoms with E-state index in [4.69, 9.17) is 32.3 Å². The van der Waals surface area contributed by atoms with Gasteiger partial charge < -0.3 is 34.2 Å². The van der Waals surface area contributed by atoms with Crippen LogP contribution in [0.15, 0.2) is 158 Å². The monoisotopic (exact) mass is 1450 g/mol. The number of hydrogen-bond acceptors (Lipinski definition) is 14. The van der Waals surface area contributed by atoms with Gasteiger partial charge in [0.25, 0.3) is 0 Å². The predicted octanol–water partition coefficient (Wildman–Crippen LogP) is 22.6. The van der Waals surface area contributed by atoms with Crippen molar-refractivity contribution in [3.63, 3.8) is 0 Å². The maximum absolute atomic E-state index is 12.9. The molecule has 0 aliphatic rings. The molecule has 4 N–H and O–H groups in total. The van der Waals surface area contributed by atoms with Crippen LogP contribution >= 0.6 is 15.6 Å². The van der Waals surface area contributed by atoms with Gasteiger partial charge in [0.15, 0.2) is 6.10 Å². The quantitative estimate of drug-likeness (QED) is 0.0146. The molecule has 16 nitrogen and oxygen atoms in total. The summed E-state index contributed by atoms with van der Waals surface area (Å²) in [4.78, 5) is 58.5. The number of unbranched alkanes of at least 4 members (excludes halogenated alkanes) is 23. The van der Waals surface area contributed by atoms with Crippen LogP contribution in [-0.4, -0.2) is 95.9 Å². The summed E-state index contributed by atoms with van der Waals surface area (Å²) in [6.45, 7) is 2.31. The van der Waals surface area contributed by atoms with E-state index in [0.29, 0.717) is 19.3 Å². The molecule has 0 saturated heterocycles. The summed E-state index contributed by atoms with van der Waals surface area (Å²) in [6, 6.07) is 0. The van der Waals surface area contributed by atoms with Gasteiger partial charge in [-0.1, -0.05) is 288 Å². The summed E-state index contributed by atoms with van der Waals surface area (Å²) in [6.07, 6.45) is 93.1. The number of carbonyl (C=O) groups is 3. The van der Waals surface area contributed by atoms with Crippen LogP contribution in [-0.2, 0) is 55.8 Å². The highest BCUT2D eigenvalue weighted by molar-refractivity contribution is 7.47. The number of phosphoric acid groups is 2. The third-order valence-corrected chi connectivity index (χ3v) is 17.6. The van der Waals surface area contributed by atoms with Crippen molar-refractivity contribution in [2.45, 2.75) is 309 Å². The first kappa shape index (κ1) is 96.2. The molecule has 18 heteroatoms. The molecule has 101 heavy (non-hydrogen) atoms. The Morgan fingerprint density at radius 3 is 0.842 bits per heavy atom. The number of aliphatic hydroxyl groups excluding tert-OH is 2. The molecule has 5 atom stereocenters. The van der Waals surface area contributed by atoms with Crippen molar-refractivity contribution in [2.75, 3.05) is 39.6 Å². The maximum Gasteiger partial charge on any atom is 0.472 e. The predicted molar refractivity (Wildman–Crippen MR) is 417 cm³/mol. The highest BCUT2D eigenvalue weighted by Gasteiger charge is 2.29. The molecular weight excluding hydrogens is 1310 g/mol. The second kappa shape index (κ2) is 74.9. The van der Waals surface area contributed by atoms with Gasteiger partial charge in [0.1, 0.15) is 25.4 Å². The second-order valence-electron chi connectivity index (χ2n) is 25.4. The van der Waals surface area contributed by atoms with Gasteiger partial charge in [0.05, 0.1) is 26.4 Å². The van der Waals surface area contributed by atoms with Crippen LogP contribution in [0.1, 0.15) is 290 Å². The Labute approximate surface area is 612 Å². The fourth-order valence-electron chi connectivity index (χ4n) is 9.87. The minimum absolute atomic E-state index is 0.0766. The molecule has 5 unspecified atom stereocenters. The number of allylic oxidation sites excluding steroid dienone is 26. The van der Waals surface area contributed by atoms with Gasteiger partial charge >= 0.3 is 33.6 Å². The van der Waals surface area contributed by atoms with Gasteiger partial charge in [-0.3, -0.25) is 32.5 Å². The fraction of sp³-hybridized carbons (Fsp3) is 0.651. The van der Waals surface area contributed by atoms with Crippen LogP contribution in [0, 0.1) is 0 Å². The first-order chi connectivity index (χ1) is 49.2. The van der Waals surface area contributed by atoms with E-state index in [-0.39, 0.29) is 19.3 Å². The highest BCUT2D eigenvalue weighted by Crippen LogP contribution is 2.45. The van der Waals surface area contributed by atoms with E-state index in [1.807, 2.05) is 0 Å². The standard InChI is InChI=1S/C83H138O16P2/c1-4-7-10-13-16-19-22-25-27-29-31-32-33-34-35-36-37-38-39-40-41-42-43-44-46-48-49-52-54-57-60-63-66-69-81(86)93-72-78(84)73-95-100(89,90)96-74-79(85)75-97-101(91,92)98-77-80(99-83(88)71-68-65-62-59-56-51-24-21-18-15-12-9-6-3)76-94-82(87)70-67-64-61-58-55-53-50-47-45-30-28-26-23-20-17-14-11-8-5-2/h7-8,10-12,15-17,19-21,24-28,31-32,34-35,37-38,45,47,53,55,78-80,84-85H,4-6,9,13-14,18,22-23,29-30,33,36,39-44,46,48-52,54,56-77H2,1-3H3,(H,89,90)(H,91,92)/b10-7-,11-8-,15-12-,19-16-,20-17-,24-21-,27-25-,28-26-,32-31-,35-34-,38-37-,47-45-,55-53-. The molecule has 0 aromatic rings. The minimum Gasteiger partial charge on any atom is -0.463 e. The number of phosphoric ester groups is 2. The summed E-state index contributed by atoms with van der Waals surface area (Å²) >= 11 is 0. The van der Waals surface area contributed by atoms with Gasteiger partial charge in [-0.05, 0) is 141 Å². The Balaban J connectivity index is 4.45. The van der Waals surface area contributed by atoms with E-state index in [0.717, 1.165) is 167 Å². The van der Waals surface area contributed by atoms with Crippen LogP contribution in [0.3, 0.4) is 0 Å². The zero-order chi connectivity index (χ0) is 73.7. The zero-order valence-electron chi connectivity index (χ0n) is 62.8. The first-order valence-corrected chi connectivity index (χ1v) is 41.8. The van der Waals surface area contributed by atoms with E-state index in [2.05, 4.69) is 179 Å². The molecule has 576 valence electrons. The van der Waals surface area contributed by atoms with Gasteiger partial charge in [0.2, 0.25) is 0 Å². The van der Waals surface area contributed by atoms with E-state index in [9.17, 15) is 43.5 Å². The Morgan fingerprint density at radius 1 is 0.287 bits per heavy atom. The molecule has 0 saturated carbocycles. The molecule has 0 amide bonds. The van der Waals surface area contributed by atoms with Crippen molar-refractivity contribution >= 4 is 33.6 Å². The smallest absolute Gasteiger partial charge is 0.463 e. The largest absolute Gasteiger partial charge is 0.472 e. The SMILES string of the molecule is CC/C=C\C/C=C\C/C=C\C/C=C\C/C=C\C/C=C\CCCCCCCCCCCCCCCCC(=O)OCC(O)COP(=O)(O)OCC(O)COP(=O)(O)OCC(COC(=O)CCCCC/C=C\C/C=C\C/C=C\C/C=C\C/C=C\CC)OC(=O)CCCCCCC/C=C\C/C=C\CCC. The number of carbonyl (C=O) groups excluding carboxylic acids is 3. The molecule has 0 fully saturated rings. The van der Waals surface area contributed by atoms with E-state index in [1.165, 1.54) is 64.2 Å². The Morgan fingerprint density at radius 2 is 0.525 bits per heavy atom. The third-order valence-electron chi connectivity index (χ3n) is 15.7. The number of hydrogen-bond donors (Lipinski definition) is 4. The Hall–Kier alpha value is -4.83. The van der Waals surface area contributed by atoms with Crippen LogP contribution in [0.2, 0.25) is 0 Å². The van der Waals surface area contributed by atoms with Gasteiger partial charge in [-0.25, -0.2) is 9.13 Å². The molecule has 0 aliphatic carbocycles. The van der Waals surface area contributed by atoms with Crippen LogP contribution in [0.5, 0.6) is 0 Å². The number of esters is 3. The van der Waals surface area contributed by atoms with E-state index < -0.39 is 91.5 Å². The summed E-state index contributed by atoms with van der Waals surface area (Å²) in [5.74, 6) is -1.64. The lowest BCUT2D eigenvalue weighted by atomic mass is 10.0. The van der Waals surface area contributed by atoms with Gasteiger partial charge in [0, 0.05) is 19.3 Å². The van der Waals surface area contributed by atoms with Crippen LogP contribution in [0.4, 0.5) is 0 Å². The van der Waals surface area contributed by atoms with Crippen molar-refractivity contribution in [3.05, 3.63) is 158 Å². The van der Waals surface area contributed by atoms with Crippen molar-refractivity contribution in [2.24, 2.45) is 0 Å². The third kappa shape index (κ3) is 76.1. The number of aliphatic hydroxyl groups is 2. The fourth-order valence-corrected chi connectivity index (χ4v) is 11.5. The molecule has 0 rings (SSSR count). The molecule has 0 spiro atoms. The minimum atomic E-state index is -4.94. The topological polar surface area (TPSA) is 231 Å². The average molecular weight is 1450 g/mol. The second-order valence-corrected chi connectivity index (χ2v) is 28.3. The lowest BCUT2D eigenvalue weighted by Gasteiger charge is -2.21. The van der Waals surface area contributed by atoms with Crippen molar-refractivity contribution in [3.8, 4) is 0 Å².